The molecule has 1 amide bonds. The van der Waals surface area contributed by atoms with Crippen LogP contribution in [0.5, 0.6) is 0 Å². The molecular weight excluding hydrogens is 273 g/mol. The molecule has 1 N–H and O–H groups in total. The van der Waals surface area contributed by atoms with Gasteiger partial charge < -0.3 is 10.2 Å². The summed E-state index contributed by atoms with van der Waals surface area (Å²) in [5.41, 5.74) is 0. The van der Waals surface area contributed by atoms with Crippen molar-refractivity contribution in [3.05, 3.63) is 0 Å². The molecule has 0 saturated carbocycles. The number of hydrogen-bond acceptors (Lipinski definition) is 3. The highest BCUT2D eigenvalue weighted by molar-refractivity contribution is 5.85. The first-order chi connectivity index (χ1) is 7.83. The molecule has 2 saturated heterocycles. The molecule has 0 bridgehead atoms. The maximum atomic E-state index is 12.3. The standard InChI is InChI=1S/C12H23N3O.2ClH/c1-2-7-14-8-3-4-11(14)12(16)15-9-5-13-6-10-15;;/h11,13H,2-10H2,1H3;2*1H. The molecule has 0 aromatic carbocycles. The number of nitrogens with zero attached hydrogens (tertiary/aromatic N) is 2. The van der Waals surface area contributed by atoms with E-state index in [1.165, 1.54) is 6.42 Å². The minimum absolute atomic E-state index is 0. The Hall–Kier alpha value is -0.0300. The van der Waals surface area contributed by atoms with Crippen LogP contribution in [0.15, 0.2) is 0 Å². The number of rotatable bonds is 3. The van der Waals surface area contributed by atoms with Crippen molar-refractivity contribution in [3.63, 3.8) is 0 Å². The molecule has 1 unspecified atom stereocenters. The minimum Gasteiger partial charge on any atom is -0.339 e. The zero-order valence-electron chi connectivity index (χ0n) is 11.1. The average molecular weight is 298 g/mol. The summed E-state index contributed by atoms with van der Waals surface area (Å²) in [5, 5.41) is 3.29. The van der Waals surface area contributed by atoms with Gasteiger partial charge in [0.05, 0.1) is 6.04 Å². The van der Waals surface area contributed by atoms with E-state index in [1.54, 1.807) is 0 Å². The first-order valence-electron chi connectivity index (χ1n) is 6.56. The molecule has 0 aromatic rings. The molecule has 108 valence electrons. The summed E-state index contributed by atoms with van der Waals surface area (Å²) in [6, 6.07) is 0.179. The monoisotopic (exact) mass is 297 g/mol. The second-order valence-corrected chi connectivity index (χ2v) is 4.77. The van der Waals surface area contributed by atoms with Crippen molar-refractivity contribution in [2.24, 2.45) is 0 Å². The van der Waals surface area contributed by atoms with Crippen molar-refractivity contribution in [1.82, 2.24) is 15.1 Å². The van der Waals surface area contributed by atoms with E-state index >= 15 is 0 Å². The van der Waals surface area contributed by atoms with Gasteiger partial charge in [-0.15, -0.1) is 24.8 Å². The Morgan fingerprint density at radius 1 is 1.22 bits per heavy atom. The van der Waals surface area contributed by atoms with Gasteiger partial charge in [-0.3, -0.25) is 9.69 Å². The normalized spacial score (nSPS) is 24.3. The highest BCUT2D eigenvalue weighted by Crippen LogP contribution is 2.19. The molecule has 0 aromatic heterocycles. The van der Waals surface area contributed by atoms with Crippen LogP contribution >= 0.6 is 24.8 Å². The van der Waals surface area contributed by atoms with Gasteiger partial charge in [0.15, 0.2) is 0 Å². The molecule has 4 nitrogen and oxygen atoms in total. The number of carbonyl (C=O) groups excluding carboxylic acids is 1. The van der Waals surface area contributed by atoms with Crippen LogP contribution < -0.4 is 5.32 Å². The van der Waals surface area contributed by atoms with Crippen LogP contribution in [0, 0.1) is 0 Å². The van der Waals surface area contributed by atoms with Gasteiger partial charge >= 0.3 is 0 Å². The molecule has 0 radical (unpaired) electrons. The van der Waals surface area contributed by atoms with Gasteiger partial charge in [-0.2, -0.15) is 0 Å². The Balaban J connectivity index is 0.00000144. The van der Waals surface area contributed by atoms with E-state index in [0.717, 1.165) is 52.1 Å². The van der Waals surface area contributed by atoms with Crippen molar-refractivity contribution in [2.45, 2.75) is 32.2 Å². The maximum absolute atomic E-state index is 12.3. The topological polar surface area (TPSA) is 35.6 Å². The van der Waals surface area contributed by atoms with Crippen molar-refractivity contribution >= 4 is 30.7 Å². The van der Waals surface area contributed by atoms with E-state index in [2.05, 4.69) is 17.1 Å². The van der Waals surface area contributed by atoms with Gasteiger partial charge in [-0.25, -0.2) is 0 Å². The van der Waals surface area contributed by atoms with Gasteiger partial charge in [0.1, 0.15) is 0 Å². The lowest BCUT2D eigenvalue weighted by Crippen LogP contribution is -2.52. The van der Waals surface area contributed by atoms with E-state index in [9.17, 15) is 4.79 Å². The highest BCUT2D eigenvalue weighted by atomic mass is 35.5. The van der Waals surface area contributed by atoms with Gasteiger partial charge in [0.25, 0.3) is 0 Å². The van der Waals surface area contributed by atoms with Crippen molar-refractivity contribution < 1.29 is 4.79 Å². The number of likely N-dealkylation sites (tertiary alicyclic amines) is 1. The number of piperazine rings is 1. The van der Waals surface area contributed by atoms with Crippen LogP contribution in [0.3, 0.4) is 0 Å². The van der Waals surface area contributed by atoms with Crippen LogP contribution in [-0.4, -0.2) is 61.0 Å². The van der Waals surface area contributed by atoms with Crippen molar-refractivity contribution in [1.29, 1.82) is 0 Å². The Labute approximate surface area is 122 Å². The van der Waals surface area contributed by atoms with Crippen molar-refractivity contribution in [3.8, 4) is 0 Å². The second-order valence-electron chi connectivity index (χ2n) is 4.77. The molecule has 2 heterocycles. The molecule has 0 aliphatic carbocycles. The predicted octanol–water partition coefficient (Wildman–Crippen LogP) is 1.14. The number of carbonyl (C=O) groups is 1. The third-order valence-corrected chi connectivity index (χ3v) is 3.59. The zero-order valence-corrected chi connectivity index (χ0v) is 12.7. The number of nitrogens with one attached hydrogen (secondary N) is 1. The zero-order chi connectivity index (χ0) is 11.4. The second kappa shape index (κ2) is 8.97. The van der Waals surface area contributed by atoms with Crippen molar-refractivity contribution in [2.75, 3.05) is 39.3 Å². The fourth-order valence-electron chi connectivity index (χ4n) is 2.76. The van der Waals surface area contributed by atoms with Crippen LogP contribution in [-0.2, 0) is 4.79 Å². The smallest absolute Gasteiger partial charge is 0.240 e. The minimum atomic E-state index is 0. The Morgan fingerprint density at radius 3 is 2.50 bits per heavy atom. The lowest BCUT2D eigenvalue weighted by Gasteiger charge is -2.32. The summed E-state index contributed by atoms with van der Waals surface area (Å²) in [5.74, 6) is 0.368. The molecule has 2 aliphatic rings. The molecule has 2 fully saturated rings. The van der Waals surface area contributed by atoms with E-state index in [-0.39, 0.29) is 30.9 Å². The van der Waals surface area contributed by atoms with E-state index < -0.39 is 0 Å². The van der Waals surface area contributed by atoms with E-state index in [0.29, 0.717) is 5.91 Å². The molecular formula is C12H25Cl2N3O. The Kier molecular flexibility index (Phi) is 8.95. The lowest BCUT2D eigenvalue weighted by molar-refractivity contribution is -0.136. The molecule has 0 spiro atoms. The van der Waals surface area contributed by atoms with Gasteiger partial charge in [-0.05, 0) is 32.4 Å². The summed E-state index contributed by atoms with van der Waals surface area (Å²) in [4.78, 5) is 16.7. The number of hydrogen-bond donors (Lipinski definition) is 1. The van der Waals surface area contributed by atoms with Crippen LogP contribution in [0.4, 0.5) is 0 Å². The summed E-state index contributed by atoms with van der Waals surface area (Å²) in [7, 11) is 0. The first kappa shape index (κ1) is 18.0. The fraction of sp³-hybridized carbons (Fsp3) is 0.917. The third kappa shape index (κ3) is 4.26. The van der Waals surface area contributed by atoms with Gasteiger partial charge in [0.2, 0.25) is 5.91 Å². The van der Waals surface area contributed by atoms with Crippen LogP contribution in [0.2, 0.25) is 0 Å². The Morgan fingerprint density at radius 2 is 1.89 bits per heavy atom. The SMILES string of the molecule is CCCN1CCCC1C(=O)N1CCNCC1.Cl.Cl. The molecule has 2 aliphatic heterocycles. The number of halogens is 2. The average Bonchev–Trinajstić information content (AvgIpc) is 2.78. The van der Waals surface area contributed by atoms with E-state index in [1.807, 2.05) is 4.90 Å². The molecule has 18 heavy (non-hydrogen) atoms. The fourth-order valence-corrected chi connectivity index (χ4v) is 2.76. The Bertz CT molecular complexity index is 247. The first-order valence-corrected chi connectivity index (χ1v) is 6.56. The summed E-state index contributed by atoms with van der Waals surface area (Å²) >= 11 is 0. The highest BCUT2D eigenvalue weighted by Gasteiger charge is 2.33. The quantitative estimate of drug-likeness (QED) is 0.848. The molecule has 2 rings (SSSR count). The summed E-state index contributed by atoms with van der Waals surface area (Å²) in [6.07, 6.45) is 3.39. The third-order valence-electron chi connectivity index (χ3n) is 3.59. The summed E-state index contributed by atoms with van der Waals surface area (Å²) in [6.45, 7) is 8.03. The maximum Gasteiger partial charge on any atom is 0.240 e. The number of amides is 1. The molecule has 6 heteroatoms. The van der Waals surface area contributed by atoms with E-state index in [4.69, 9.17) is 0 Å². The van der Waals surface area contributed by atoms with Crippen LogP contribution in [0.1, 0.15) is 26.2 Å². The lowest BCUT2D eigenvalue weighted by atomic mass is 10.1. The molecule has 1 atom stereocenters. The summed E-state index contributed by atoms with van der Waals surface area (Å²) < 4.78 is 0. The van der Waals surface area contributed by atoms with Crippen LogP contribution in [0.25, 0.3) is 0 Å². The predicted molar refractivity (Wildman–Crippen MR) is 78.8 cm³/mol. The largest absolute Gasteiger partial charge is 0.339 e. The van der Waals surface area contributed by atoms with Gasteiger partial charge in [0, 0.05) is 26.2 Å². The van der Waals surface area contributed by atoms with Gasteiger partial charge in [-0.1, -0.05) is 6.92 Å².